The van der Waals surface area contributed by atoms with Crippen LogP contribution >= 0.6 is 34.0 Å². The van der Waals surface area contributed by atoms with Crippen LogP contribution in [0.5, 0.6) is 0 Å². The summed E-state index contributed by atoms with van der Waals surface area (Å²) in [7, 11) is 0. The van der Waals surface area contributed by atoms with Crippen molar-refractivity contribution in [3.05, 3.63) is 145 Å². The Morgan fingerprint density at radius 1 is 0.396 bits per heavy atom. The van der Waals surface area contributed by atoms with Gasteiger partial charge in [-0.05, 0) is 99.6 Å². The third-order valence-corrected chi connectivity index (χ3v) is 12.4. The van der Waals surface area contributed by atoms with E-state index in [4.69, 9.17) is 0 Å². The monoisotopic (exact) mass is 682 g/mol. The molecule has 0 aliphatic carbocycles. The molecule has 3 aromatic heterocycles. The summed E-state index contributed by atoms with van der Waals surface area (Å²) >= 11 is 5.46. The van der Waals surface area contributed by atoms with Crippen LogP contribution in [0.15, 0.2) is 133 Å². The van der Waals surface area contributed by atoms with Gasteiger partial charge in [0.05, 0.1) is 5.56 Å². The summed E-state index contributed by atoms with van der Waals surface area (Å²) in [6.45, 7) is 2.11. The highest BCUT2D eigenvalue weighted by Gasteiger charge is 2.30. The van der Waals surface area contributed by atoms with Crippen molar-refractivity contribution in [2.24, 2.45) is 0 Å². The van der Waals surface area contributed by atoms with Crippen molar-refractivity contribution in [1.82, 2.24) is 0 Å². The maximum atomic E-state index is 13.0. The van der Waals surface area contributed by atoms with E-state index in [-0.39, 0.29) is 0 Å². The summed E-state index contributed by atoms with van der Waals surface area (Å²) in [5.74, 6) is 0. The van der Waals surface area contributed by atoms with Gasteiger partial charge in [-0.25, -0.2) is 0 Å². The van der Waals surface area contributed by atoms with E-state index in [1.54, 1.807) is 11.3 Å². The summed E-state index contributed by atoms with van der Waals surface area (Å²) in [5.41, 5.74) is 7.08. The molecule has 6 heteroatoms. The lowest BCUT2D eigenvalue weighted by atomic mass is 10.0. The topological polar surface area (TPSA) is 0 Å². The van der Waals surface area contributed by atoms with Crippen LogP contribution in [0.3, 0.4) is 0 Å². The van der Waals surface area contributed by atoms with E-state index in [1.807, 2.05) is 34.8 Å². The van der Waals surface area contributed by atoms with E-state index in [0.29, 0.717) is 0 Å². The third kappa shape index (κ3) is 5.21. The van der Waals surface area contributed by atoms with E-state index in [0.717, 1.165) is 28.8 Å². The van der Waals surface area contributed by atoms with Crippen molar-refractivity contribution in [2.75, 3.05) is 0 Å². The number of aryl methyl sites for hydroxylation is 1. The van der Waals surface area contributed by atoms with Gasteiger partial charge < -0.3 is 0 Å². The SMILES string of the molecule is Cc1ccc(-c2ccc(-c3cc4cc5c(cc4s3)sc3cc4sc(-c6ccc(-c7ccc(C(F)(F)F)cc7)cc6)cc4cc35)cc2)cc1. The molecule has 0 nitrogen and oxygen atoms in total. The predicted molar refractivity (Wildman–Crippen MR) is 202 cm³/mol. The van der Waals surface area contributed by atoms with E-state index in [9.17, 15) is 13.2 Å². The Morgan fingerprint density at radius 3 is 1.19 bits per heavy atom. The highest BCUT2D eigenvalue weighted by Crippen LogP contribution is 2.44. The molecule has 0 bridgehead atoms. The number of rotatable bonds is 4. The number of hydrogen-bond acceptors (Lipinski definition) is 3. The fourth-order valence-corrected chi connectivity index (χ4v) is 9.86. The zero-order valence-electron chi connectivity index (χ0n) is 25.6. The molecule has 0 unspecified atom stereocenters. The van der Waals surface area contributed by atoms with Gasteiger partial charge >= 0.3 is 6.18 Å². The lowest BCUT2D eigenvalue weighted by molar-refractivity contribution is -0.137. The van der Waals surface area contributed by atoms with E-state index < -0.39 is 11.7 Å². The average Bonchev–Trinajstić information content (AvgIpc) is 3.80. The maximum absolute atomic E-state index is 13.0. The third-order valence-electron chi connectivity index (χ3n) is 9.02. The second kappa shape index (κ2) is 11.2. The minimum atomic E-state index is -4.33. The smallest absolute Gasteiger partial charge is 0.166 e. The largest absolute Gasteiger partial charge is 0.416 e. The summed E-state index contributed by atoms with van der Waals surface area (Å²) in [6, 6.07) is 44.8. The van der Waals surface area contributed by atoms with E-state index >= 15 is 0 Å². The van der Waals surface area contributed by atoms with Crippen molar-refractivity contribution in [2.45, 2.75) is 13.1 Å². The number of benzene rings is 6. The van der Waals surface area contributed by atoms with E-state index in [2.05, 4.69) is 104 Å². The summed E-state index contributed by atoms with van der Waals surface area (Å²) < 4.78 is 44.1. The molecule has 0 aliphatic heterocycles. The molecule has 9 aromatic rings. The molecule has 0 spiro atoms. The molecular weight excluding hydrogens is 658 g/mol. The highest BCUT2D eigenvalue weighted by atomic mass is 32.1. The molecule has 0 amide bonds. The Hall–Kier alpha value is -4.75. The molecule has 9 rings (SSSR count). The summed E-state index contributed by atoms with van der Waals surface area (Å²) in [4.78, 5) is 2.45. The van der Waals surface area contributed by atoms with Crippen LogP contribution in [0, 0.1) is 6.92 Å². The second-order valence-corrected chi connectivity index (χ2v) is 15.4. The highest BCUT2D eigenvalue weighted by molar-refractivity contribution is 7.27. The molecule has 0 atom stereocenters. The van der Waals surface area contributed by atoms with Crippen LogP contribution in [-0.2, 0) is 6.18 Å². The van der Waals surface area contributed by atoms with Gasteiger partial charge in [-0.1, -0.05) is 90.5 Å². The van der Waals surface area contributed by atoms with Gasteiger partial charge in [-0.3, -0.25) is 0 Å². The molecule has 0 fully saturated rings. The van der Waals surface area contributed by atoms with Gasteiger partial charge in [-0.15, -0.1) is 34.0 Å². The predicted octanol–water partition coefficient (Wildman–Crippen LogP) is 14.5. The zero-order valence-corrected chi connectivity index (χ0v) is 28.0. The van der Waals surface area contributed by atoms with Crippen LogP contribution in [-0.4, -0.2) is 0 Å². The van der Waals surface area contributed by atoms with Gasteiger partial charge in [0.15, 0.2) is 0 Å². The number of thiophene rings is 3. The van der Waals surface area contributed by atoms with Crippen molar-refractivity contribution >= 4 is 74.4 Å². The maximum Gasteiger partial charge on any atom is 0.416 e. The average molecular weight is 683 g/mol. The number of alkyl halides is 3. The van der Waals surface area contributed by atoms with Gasteiger partial charge in [0, 0.05) is 39.3 Å². The molecule has 6 aromatic carbocycles. The number of hydrogen-bond donors (Lipinski definition) is 0. The summed E-state index contributed by atoms with van der Waals surface area (Å²) in [6.07, 6.45) is -4.33. The molecule has 3 heterocycles. The Balaban J connectivity index is 1.01. The lowest BCUT2D eigenvalue weighted by Gasteiger charge is -2.08. The van der Waals surface area contributed by atoms with Gasteiger partial charge in [-0.2, -0.15) is 13.2 Å². The van der Waals surface area contributed by atoms with Crippen molar-refractivity contribution in [3.63, 3.8) is 0 Å². The fourth-order valence-electron chi connectivity index (χ4n) is 6.38. The standard InChI is InChI=1S/C42H25F3S3/c1-24-2-4-25(5-3-24)26-6-10-29(11-7-26)36-20-31-18-34-35-19-32-21-37(47-39(32)23-41(35)48-40(34)22-38(31)46-36)30-12-8-27(9-13-30)28-14-16-33(17-15-28)42(43,44)45/h2-23H,1H3. The van der Waals surface area contributed by atoms with Gasteiger partial charge in [0.25, 0.3) is 0 Å². The molecule has 0 N–H and O–H groups in total. The van der Waals surface area contributed by atoms with Crippen LogP contribution in [0.25, 0.3) is 83.5 Å². The first-order chi connectivity index (χ1) is 23.2. The van der Waals surface area contributed by atoms with Gasteiger partial charge in [0.1, 0.15) is 0 Å². The Kier molecular flexibility index (Phi) is 6.84. The number of fused-ring (bicyclic) bond motifs is 5. The quantitative estimate of drug-likeness (QED) is 0.173. The molecule has 0 saturated carbocycles. The van der Waals surface area contributed by atoms with Crippen LogP contribution in [0.2, 0.25) is 0 Å². The fraction of sp³-hybridized carbons (Fsp3) is 0.0476. The van der Waals surface area contributed by atoms with Crippen LogP contribution < -0.4 is 0 Å². The minimum absolute atomic E-state index is 0.634. The Bertz CT molecular complexity index is 2620. The molecule has 48 heavy (non-hydrogen) atoms. The van der Waals surface area contributed by atoms with Crippen molar-refractivity contribution < 1.29 is 13.2 Å². The lowest BCUT2D eigenvalue weighted by Crippen LogP contribution is -2.03. The van der Waals surface area contributed by atoms with Crippen molar-refractivity contribution in [1.29, 1.82) is 0 Å². The first kappa shape index (κ1) is 29.4. The zero-order chi connectivity index (χ0) is 32.6. The molecule has 0 aliphatic rings. The summed E-state index contributed by atoms with van der Waals surface area (Å²) in [5, 5.41) is 5.05. The molecule has 0 saturated heterocycles. The minimum Gasteiger partial charge on any atom is -0.166 e. The normalized spacial score (nSPS) is 12.2. The van der Waals surface area contributed by atoms with Crippen molar-refractivity contribution in [3.8, 4) is 43.1 Å². The Morgan fingerprint density at radius 2 is 0.771 bits per heavy atom. The second-order valence-electron chi connectivity index (χ2n) is 12.2. The van der Waals surface area contributed by atoms with Crippen LogP contribution in [0.1, 0.15) is 11.1 Å². The number of halogens is 3. The Labute approximate surface area is 287 Å². The first-order valence-electron chi connectivity index (χ1n) is 15.5. The van der Waals surface area contributed by atoms with Gasteiger partial charge in [0.2, 0.25) is 0 Å². The molecule has 232 valence electrons. The van der Waals surface area contributed by atoms with E-state index in [1.165, 1.54) is 84.5 Å². The molecular formula is C42H25F3S3. The molecule has 0 radical (unpaired) electrons. The first-order valence-corrected chi connectivity index (χ1v) is 18.0. The van der Waals surface area contributed by atoms with Crippen LogP contribution in [0.4, 0.5) is 13.2 Å².